The third-order valence-electron chi connectivity index (χ3n) is 4.62. The lowest BCUT2D eigenvalue weighted by atomic mass is 10.0. The molecule has 2 rings (SSSR count). The zero-order valence-corrected chi connectivity index (χ0v) is 17.3. The van der Waals surface area contributed by atoms with Gasteiger partial charge in [0.15, 0.2) is 0 Å². The van der Waals surface area contributed by atoms with E-state index in [2.05, 4.69) is 10.6 Å². The van der Waals surface area contributed by atoms with Gasteiger partial charge in [-0.05, 0) is 37.1 Å². The molecule has 156 valence electrons. The van der Waals surface area contributed by atoms with Gasteiger partial charge >= 0.3 is 0 Å². The molecule has 7 heteroatoms. The number of ether oxygens (including phenoxy) is 2. The topological polar surface area (TPSA) is 76.7 Å². The zero-order valence-electron chi connectivity index (χ0n) is 17.3. The fraction of sp³-hybridized carbons (Fsp3) is 0.364. The SMILES string of the molecule is COc1ccc(C(C)NC(=O)C(NC(=O)c2ccccc2F)C(C)C)c(OC)c1. The zero-order chi connectivity index (χ0) is 21.6. The monoisotopic (exact) mass is 402 g/mol. The second kappa shape index (κ2) is 9.91. The third-order valence-corrected chi connectivity index (χ3v) is 4.62. The molecule has 2 unspecified atom stereocenters. The van der Waals surface area contributed by atoms with Crippen molar-refractivity contribution in [1.82, 2.24) is 10.6 Å². The number of hydrogen-bond acceptors (Lipinski definition) is 4. The molecule has 0 fully saturated rings. The number of carbonyl (C=O) groups is 2. The molecule has 0 saturated heterocycles. The number of benzene rings is 2. The van der Waals surface area contributed by atoms with Crippen LogP contribution in [0.5, 0.6) is 11.5 Å². The quantitative estimate of drug-likeness (QED) is 0.709. The largest absolute Gasteiger partial charge is 0.497 e. The highest BCUT2D eigenvalue weighted by Crippen LogP contribution is 2.29. The average Bonchev–Trinajstić information content (AvgIpc) is 2.71. The van der Waals surface area contributed by atoms with Crippen LogP contribution in [-0.2, 0) is 4.79 Å². The molecule has 29 heavy (non-hydrogen) atoms. The van der Waals surface area contributed by atoms with Crippen LogP contribution in [0.2, 0.25) is 0 Å². The molecule has 0 aliphatic heterocycles. The molecule has 2 atom stereocenters. The second-order valence-electron chi connectivity index (χ2n) is 7.01. The molecule has 2 N–H and O–H groups in total. The summed E-state index contributed by atoms with van der Waals surface area (Å²) in [6.45, 7) is 5.44. The first-order valence-electron chi connectivity index (χ1n) is 9.36. The number of hydrogen-bond donors (Lipinski definition) is 2. The van der Waals surface area contributed by atoms with Crippen molar-refractivity contribution >= 4 is 11.8 Å². The minimum absolute atomic E-state index is 0.101. The van der Waals surface area contributed by atoms with E-state index in [1.807, 2.05) is 26.8 Å². The molecule has 0 aromatic heterocycles. The van der Waals surface area contributed by atoms with Gasteiger partial charge in [0.2, 0.25) is 5.91 Å². The van der Waals surface area contributed by atoms with Crippen LogP contribution in [0, 0.1) is 11.7 Å². The molecule has 2 amide bonds. The van der Waals surface area contributed by atoms with Gasteiger partial charge in [-0.15, -0.1) is 0 Å². The number of halogens is 1. The standard InChI is InChI=1S/C22H27FN2O4/c1-13(2)20(25-21(26)17-8-6-7-9-18(17)23)22(27)24-14(3)16-11-10-15(28-4)12-19(16)29-5/h6-14,20H,1-5H3,(H,24,27)(H,25,26). The Kier molecular flexibility index (Phi) is 7.59. The van der Waals surface area contributed by atoms with E-state index in [1.165, 1.54) is 18.2 Å². The molecule has 0 bridgehead atoms. The highest BCUT2D eigenvalue weighted by molar-refractivity contribution is 5.97. The summed E-state index contributed by atoms with van der Waals surface area (Å²) < 4.78 is 24.5. The van der Waals surface area contributed by atoms with Crippen molar-refractivity contribution in [1.29, 1.82) is 0 Å². The Hall–Kier alpha value is -3.09. The highest BCUT2D eigenvalue weighted by Gasteiger charge is 2.27. The van der Waals surface area contributed by atoms with Gasteiger partial charge in [-0.2, -0.15) is 0 Å². The van der Waals surface area contributed by atoms with Crippen LogP contribution in [0.4, 0.5) is 4.39 Å². The second-order valence-corrected chi connectivity index (χ2v) is 7.01. The van der Waals surface area contributed by atoms with Crippen LogP contribution >= 0.6 is 0 Å². The lowest BCUT2D eigenvalue weighted by Gasteiger charge is -2.25. The summed E-state index contributed by atoms with van der Waals surface area (Å²) in [6, 6.07) is 9.78. The van der Waals surface area contributed by atoms with E-state index in [0.717, 1.165) is 5.56 Å². The number of carbonyl (C=O) groups excluding carboxylic acids is 2. The minimum Gasteiger partial charge on any atom is -0.497 e. The third kappa shape index (κ3) is 5.47. The van der Waals surface area contributed by atoms with E-state index in [9.17, 15) is 14.0 Å². The van der Waals surface area contributed by atoms with Gasteiger partial charge in [-0.1, -0.05) is 26.0 Å². The van der Waals surface area contributed by atoms with E-state index in [-0.39, 0.29) is 23.4 Å². The number of nitrogens with one attached hydrogen (secondary N) is 2. The predicted molar refractivity (Wildman–Crippen MR) is 109 cm³/mol. The summed E-state index contributed by atoms with van der Waals surface area (Å²) in [6.07, 6.45) is 0. The van der Waals surface area contributed by atoms with E-state index in [4.69, 9.17) is 9.47 Å². The van der Waals surface area contributed by atoms with Crippen LogP contribution in [0.15, 0.2) is 42.5 Å². The number of methoxy groups -OCH3 is 2. The van der Waals surface area contributed by atoms with Crippen molar-refractivity contribution in [2.45, 2.75) is 32.9 Å². The lowest BCUT2D eigenvalue weighted by molar-refractivity contribution is -0.124. The van der Waals surface area contributed by atoms with Crippen molar-refractivity contribution in [3.8, 4) is 11.5 Å². The number of rotatable bonds is 8. The maximum Gasteiger partial charge on any atom is 0.254 e. The van der Waals surface area contributed by atoms with Gasteiger partial charge in [0.1, 0.15) is 23.4 Å². The van der Waals surface area contributed by atoms with Crippen LogP contribution < -0.4 is 20.1 Å². The summed E-state index contributed by atoms with van der Waals surface area (Å²) in [5, 5.41) is 5.53. The van der Waals surface area contributed by atoms with E-state index in [0.29, 0.717) is 11.5 Å². The predicted octanol–water partition coefficient (Wildman–Crippen LogP) is 3.47. The highest BCUT2D eigenvalue weighted by atomic mass is 19.1. The Morgan fingerprint density at radius 2 is 1.66 bits per heavy atom. The van der Waals surface area contributed by atoms with Crippen LogP contribution in [-0.4, -0.2) is 32.1 Å². The first-order chi connectivity index (χ1) is 13.8. The van der Waals surface area contributed by atoms with Crippen molar-refractivity contribution in [3.63, 3.8) is 0 Å². The van der Waals surface area contributed by atoms with E-state index >= 15 is 0 Å². The van der Waals surface area contributed by atoms with Crippen molar-refractivity contribution in [2.75, 3.05) is 14.2 Å². The van der Waals surface area contributed by atoms with E-state index in [1.54, 1.807) is 32.4 Å². The Balaban J connectivity index is 2.15. The van der Waals surface area contributed by atoms with Crippen LogP contribution in [0.25, 0.3) is 0 Å². The molecule has 2 aromatic rings. The normalized spacial score (nSPS) is 12.8. The fourth-order valence-corrected chi connectivity index (χ4v) is 2.96. The van der Waals surface area contributed by atoms with Gasteiger partial charge in [-0.3, -0.25) is 9.59 Å². The molecule has 6 nitrogen and oxygen atoms in total. The molecule has 0 heterocycles. The molecular formula is C22H27FN2O4. The van der Waals surface area contributed by atoms with Crippen LogP contribution in [0.3, 0.4) is 0 Å². The van der Waals surface area contributed by atoms with Gasteiger partial charge in [0.05, 0.1) is 25.8 Å². The fourth-order valence-electron chi connectivity index (χ4n) is 2.96. The number of amides is 2. The average molecular weight is 402 g/mol. The van der Waals surface area contributed by atoms with Gasteiger partial charge in [0, 0.05) is 11.6 Å². The Morgan fingerprint density at radius 1 is 0.966 bits per heavy atom. The molecule has 2 aromatic carbocycles. The molecular weight excluding hydrogens is 375 g/mol. The smallest absolute Gasteiger partial charge is 0.254 e. The maximum absolute atomic E-state index is 13.9. The summed E-state index contributed by atoms with van der Waals surface area (Å²) >= 11 is 0. The van der Waals surface area contributed by atoms with Crippen molar-refractivity contribution in [2.24, 2.45) is 5.92 Å². The Labute approximate surface area is 170 Å². The molecule has 0 aliphatic carbocycles. The maximum atomic E-state index is 13.9. The van der Waals surface area contributed by atoms with Gasteiger partial charge < -0.3 is 20.1 Å². The molecule has 0 aliphatic rings. The summed E-state index contributed by atoms with van der Waals surface area (Å²) in [4.78, 5) is 25.3. The van der Waals surface area contributed by atoms with Gasteiger partial charge in [0.25, 0.3) is 5.91 Å². The van der Waals surface area contributed by atoms with Crippen molar-refractivity contribution in [3.05, 3.63) is 59.4 Å². The summed E-state index contributed by atoms with van der Waals surface area (Å²) in [7, 11) is 3.10. The lowest BCUT2D eigenvalue weighted by Crippen LogP contribution is -2.50. The van der Waals surface area contributed by atoms with Crippen molar-refractivity contribution < 1.29 is 23.5 Å². The van der Waals surface area contributed by atoms with Gasteiger partial charge in [-0.25, -0.2) is 4.39 Å². The Bertz CT molecular complexity index is 870. The first-order valence-corrected chi connectivity index (χ1v) is 9.36. The summed E-state index contributed by atoms with van der Waals surface area (Å²) in [5.74, 6) is -0.614. The Morgan fingerprint density at radius 3 is 2.24 bits per heavy atom. The molecule has 0 saturated carbocycles. The molecule has 0 spiro atoms. The first kappa shape index (κ1) is 22.2. The van der Waals surface area contributed by atoms with E-state index < -0.39 is 17.8 Å². The summed E-state index contributed by atoms with van der Waals surface area (Å²) in [5.41, 5.74) is 0.667. The van der Waals surface area contributed by atoms with Crippen LogP contribution in [0.1, 0.15) is 42.7 Å². The minimum atomic E-state index is -0.825. The molecule has 0 radical (unpaired) electrons.